The van der Waals surface area contributed by atoms with E-state index >= 15 is 0 Å². The number of hydrogen-bond acceptors (Lipinski definition) is 7. The first-order chi connectivity index (χ1) is 17.1. The lowest BCUT2D eigenvalue weighted by molar-refractivity contribution is 0.0664. The molecule has 1 N–H and O–H groups in total. The van der Waals surface area contributed by atoms with Crippen LogP contribution in [0.3, 0.4) is 0 Å². The Balaban J connectivity index is 1.21. The molecule has 1 fully saturated rings. The second-order valence-corrected chi connectivity index (χ2v) is 8.77. The standard InChI is InChI=1S/C26H26N6O3/c1-30-11-13-31(14-12-30)25(33)18-5-8-20(9-6-18)27-26-28-24-4-2-3-21(32(24)29-26)19-7-10-22-23(17-19)35-16-15-34-22/h2-10,17H,11-16H2,1H3,(H,27,29). The highest BCUT2D eigenvalue weighted by Gasteiger charge is 2.20. The van der Waals surface area contributed by atoms with Crippen LogP contribution in [0.2, 0.25) is 0 Å². The maximum absolute atomic E-state index is 12.8. The minimum absolute atomic E-state index is 0.0691. The summed E-state index contributed by atoms with van der Waals surface area (Å²) in [5.74, 6) is 2.03. The lowest BCUT2D eigenvalue weighted by atomic mass is 10.1. The van der Waals surface area contributed by atoms with Crippen molar-refractivity contribution < 1.29 is 14.3 Å². The largest absolute Gasteiger partial charge is 0.486 e. The third-order valence-corrected chi connectivity index (χ3v) is 6.38. The van der Waals surface area contributed by atoms with Crippen molar-refractivity contribution in [3.8, 4) is 22.8 Å². The van der Waals surface area contributed by atoms with Gasteiger partial charge >= 0.3 is 0 Å². The molecule has 6 rings (SSSR count). The number of aromatic nitrogens is 3. The molecule has 35 heavy (non-hydrogen) atoms. The number of hydrogen-bond donors (Lipinski definition) is 1. The average molecular weight is 471 g/mol. The van der Waals surface area contributed by atoms with E-state index in [0.29, 0.717) is 24.7 Å². The van der Waals surface area contributed by atoms with Crippen LogP contribution < -0.4 is 14.8 Å². The zero-order valence-corrected chi connectivity index (χ0v) is 19.5. The summed E-state index contributed by atoms with van der Waals surface area (Å²) < 4.78 is 13.2. The summed E-state index contributed by atoms with van der Waals surface area (Å²) in [7, 11) is 2.08. The highest BCUT2D eigenvalue weighted by atomic mass is 16.6. The number of carbonyl (C=O) groups excluding carboxylic acids is 1. The molecule has 2 aliphatic heterocycles. The van der Waals surface area contributed by atoms with Crippen LogP contribution in [-0.4, -0.2) is 76.7 Å². The number of rotatable bonds is 4. The SMILES string of the molecule is CN1CCN(C(=O)c2ccc(Nc3nc4cccc(-c5ccc6c(c5)OCCO6)n4n3)cc2)CC1. The number of likely N-dealkylation sites (N-methyl/N-ethyl adjacent to an activating group) is 1. The van der Waals surface area contributed by atoms with Gasteiger partial charge < -0.3 is 24.6 Å². The number of ether oxygens (including phenoxy) is 2. The van der Waals surface area contributed by atoms with Crippen molar-refractivity contribution >= 4 is 23.2 Å². The van der Waals surface area contributed by atoms with Crippen molar-refractivity contribution in [2.24, 2.45) is 0 Å². The maximum atomic E-state index is 12.8. The molecule has 0 atom stereocenters. The normalized spacial score (nSPS) is 15.9. The molecule has 178 valence electrons. The molecule has 4 heterocycles. The van der Waals surface area contributed by atoms with Crippen LogP contribution >= 0.6 is 0 Å². The van der Waals surface area contributed by atoms with Crippen LogP contribution in [0.1, 0.15) is 10.4 Å². The van der Waals surface area contributed by atoms with E-state index in [-0.39, 0.29) is 5.91 Å². The second-order valence-electron chi connectivity index (χ2n) is 8.77. The topological polar surface area (TPSA) is 84.2 Å². The summed E-state index contributed by atoms with van der Waals surface area (Å²) >= 11 is 0. The quantitative estimate of drug-likeness (QED) is 0.490. The lowest BCUT2D eigenvalue weighted by Gasteiger charge is -2.32. The second kappa shape index (κ2) is 8.92. The Morgan fingerprint density at radius 2 is 1.69 bits per heavy atom. The first-order valence-electron chi connectivity index (χ1n) is 11.7. The highest BCUT2D eigenvalue weighted by molar-refractivity contribution is 5.94. The number of fused-ring (bicyclic) bond motifs is 2. The predicted octanol–water partition coefficient (Wildman–Crippen LogP) is 3.30. The van der Waals surface area contributed by atoms with Crippen molar-refractivity contribution in [2.45, 2.75) is 0 Å². The molecule has 0 radical (unpaired) electrons. The third kappa shape index (κ3) is 4.26. The predicted molar refractivity (Wildman–Crippen MR) is 133 cm³/mol. The van der Waals surface area contributed by atoms with Crippen molar-refractivity contribution in [1.82, 2.24) is 24.4 Å². The fourth-order valence-electron chi connectivity index (χ4n) is 4.40. The van der Waals surface area contributed by atoms with E-state index in [2.05, 4.69) is 27.3 Å². The van der Waals surface area contributed by atoms with Crippen LogP contribution in [0.25, 0.3) is 16.9 Å². The van der Waals surface area contributed by atoms with Gasteiger partial charge in [-0.05, 0) is 61.6 Å². The summed E-state index contributed by atoms with van der Waals surface area (Å²) in [6, 6.07) is 19.2. The molecule has 9 nitrogen and oxygen atoms in total. The monoisotopic (exact) mass is 470 g/mol. The Labute approximate surface area is 202 Å². The number of piperazine rings is 1. The molecule has 0 spiro atoms. The highest BCUT2D eigenvalue weighted by Crippen LogP contribution is 2.34. The van der Waals surface area contributed by atoms with Gasteiger partial charge in [0.2, 0.25) is 5.95 Å². The number of benzene rings is 2. The molecule has 0 aliphatic carbocycles. The van der Waals surface area contributed by atoms with Gasteiger partial charge in [0.05, 0.1) is 5.69 Å². The zero-order chi connectivity index (χ0) is 23.8. The van der Waals surface area contributed by atoms with Crippen LogP contribution in [-0.2, 0) is 0 Å². The Morgan fingerprint density at radius 1 is 0.914 bits per heavy atom. The molecular formula is C26H26N6O3. The van der Waals surface area contributed by atoms with E-state index in [0.717, 1.165) is 60.3 Å². The van der Waals surface area contributed by atoms with Gasteiger partial charge in [0.15, 0.2) is 17.1 Å². The molecule has 2 aromatic carbocycles. The number of pyridine rings is 1. The first kappa shape index (κ1) is 21.4. The molecule has 0 saturated carbocycles. The van der Waals surface area contributed by atoms with E-state index in [1.165, 1.54) is 0 Å². The van der Waals surface area contributed by atoms with Gasteiger partial charge in [0.25, 0.3) is 5.91 Å². The number of nitrogens with zero attached hydrogens (tertiary/aromatic N) is 5. The molecule has 1 saturated heterocycles. The molecular weight excluding hydrogens is 444 g/mol. The minimum atomic E-state index is 0.0691. The van der Waals surface area contributed by atoms with Crippen LogP contribution in [0.5, 0.6) is 11.5 Å². The molecule has 0 bridgehead atoms. The van der Waals surface area contributed by atoms with E-state index in [1.807, 2.05) is 65.6 Å². The molecule has 0 unspecified atom stereocenters. The van der Waals surface area contributed by atoms with Gasteiger partial charge in [-0.15, -0.1) is 5.10 Å². The molecule has 2 aliphatic rings. The van der Waals surface area contributed by atoms with E-state index in [9.17, 15) is 4.79 Å². The molecule has 1 amide bonds. The van der Waals surface area contributed by atoms with Crippen LogP contribution in [0, 0.1) is 0 Å². The Kier molecular flexibility index (Phi) is 5.46. The smallest absolute Gasteiger partial charge is 0.253 e. The summed E-state index contributed by atoms with van der Waals surface area (Å²) in [6.07, 6.45) is 0. The number of carbonyl (C=O) groups is 1. The number of amides is 1. The third-order valence-electron chi connectivity index (χ3n) is 6.38. The molecule has 9 heteroatoms. The number of nitrogens with one attached hydrogen (secondary N) is 1. The van der Waals surface area contributed by atoms with Crippen molar-refractivity contribution in [3.63, 3.8) is 0 Å². The van der Waals surface area contributed by atoms with Gasteiger partial charge in [0, 0.05) is 43.0 Å². The zero-order valence-electron chi connectivity index (χ0n) is 19.5. The van der Waals surface area contributed by atoms with Crippen LogP contribution in [0.15, 0.2) is 60.7 Å². The van der Waals surface area contributed by atoms with Crippen molar-refractivity contribution in [2.75, 3.05) is 51.8 Å². The summed E-state index contributed by atoms with van der Waals surface area (Å²) in [4.78, 5) is 21.6. The van der Waals surface area contributed by atoms with E-state index < -0.39 is 0 Å². The summed E-state index contributed by atoms with van der Waals surface area (Å²) in [6.45, 7) is 4.42. The van der Waals surface area contributed by atoms with Gasteiger partial charge in [0.1, 0.15) is 13.2 Å². The fourth-order valence-corrected chi connectivity index (χ4v) is 4.40. The van der Waals surface area contributed by atoms with Crippen molar-refractivity contribution in [1.29, 1.82) is 0 Å². The van der Waals surface area contributed by atoms with E-state index in [1.54, 1.807) is 4.52 Å². The Morgan fingerprint density at radius 3 is 2.49 bits per heavy atom. The summed E-state index contributed by atoms with van der Waals surface area (Å²) in [5, 5.41) is 7.93. The molecule has 4 aromatic rings. The lowest BCUT2D eigenvalue weighted by Crippen LogP contribution is -2.47. The van der Waals surface area contributed by atoms with Crippen molar-refractivity contribution in [3.05, 3.63) is 66.2 Å². The maximum Gasteiger partial charge on any atom is 0.253 e. The first-order valence-corrected chi connectivity index (χ1v) is 11.7. The van der Waals surface area contributed by atoms with Gasteiger partial charge in [-0.2, -0.15) is 4.98 Å². The minimum Gasteiger partial charge on any atom is -0.486 e. The average Bonchev–Trinajstić information content (AvgIpc) is 3.31. The number of anilines is 2. The van der Waals surface area contributed by atoms with Gasteiger partial charge in [-0.3, -0.25) is 4.79 Å². The van der Waals surface area contributed by atoms with Crippen LogP contribution in [0.4, 0.5) is 11.6 Å². The van der Waals surface area contributed by atoms with Gasteiger partial charge in [-0.25, -0.2) is 4.52 Å². The summed E-state index contributed by atoms with van der Waals surface area (Å²) in [5.41, 5.74) is 4.08. The molecule has 2 aromatic heterocycles. The van der Waals surface area contributed by atoms with E-state index in [4.69, 9.17) is 9.47 Å². The Hall–Kier alpha value is -4.11. The Bertz CT molecular complexity index is 1380. The van der Waals surface area contributed by atoms with Gasteiger partial charge in [-0.1, -0.05) is 6.07 Å². The fraction of sp³-hybridized carbons (Fsp3) is 0.269.